The van der Waals surface area contributed by atoms with Gasteiger partial charge in [-0.1, -0.05) is 29.8 Å². The fourth-order valence-electron chi connectivity index (χ4n) is 1.41. The first-order chi connectivity index (χ1) is 8.58. The summed E-state index contributed by atoms with van der Waals surface area (Å²) in [4.78, 5) is 11.8. The molecule has 2 rings (SSSR count). The van der Waals surface area contributed by atoms with Crippen LogP contribution in [0.15, 0.2) is 42.5 Å². The molecular weight excluding hydrogens is 254 g/mol. The number of halogens is 1. The van der Waals surface area contributed by atoms with Crippen LogP contribution in [0.2, 0.25) is 5.02 Å². The van der Waals surface area contributed by atoms with Crippen molar-refractivity contribution in [3.05, 3.63) is 53.1 Å². The summed E-state index contributed by atoms with van der Waals surface area (Å²) >= 11 is 5.77. The SMILES string of the molecule is Nc1cc(Cl)cc(OC(=O)c2ccccc2)c1O. The molecule has 0 spiro atoms. The molecule has 5 heteroatoms. The van der Waals surface area contributed by atoms with Crippen LogP contribution in [-0.2, 0) is 0 Å². The number of benzene rings is 2. The molecule has 0 radical (unpaired) electrons. The zero-order chi connectivity index (χ0) is 13.1. The largest absolute Gasteiger partial charge is 0.503 e. The first-order valence-electron chi connectivity index (χ1n) is 5.13. The second kappa shape index (κ2) is 4.98. The van der Waals surface area contributed by atoms with Crippen molar-refractivity contribution in [2.45, 2.75) is 0 Å². The second-order valence-corrected chi connectivity index (χ2v) is 4.03. The summed E-state index contributed by atoms with van der Waals surface area (Å²) in [6.07, 6.45) is 0. The summed E-state index contributed by atoms with van der Waals surface area (Å²) in [5, 5.41) is 9.94. The van der Waals surface area contributed by atoms with E-state index in [1.165, 1.54) is 12.1 Å². The number of phenols is 1. The van der Waals surface area contributed by atoms with E-state index in [9.17, 15) is 9.90 Å². The van der Waals surface area contributed by atoms with Gasteiger partial charge < -0.3 is 15.6 Å². The number of esters is 1. The van der Waals surface area contributed by atoms with Gasteiger partial charge in [0.1, 0.15) is 0 Å². The molecule has 0 amide bonds. The van der Waals surface area contributed by atoms with Crippen LogP contribution in [0.25, 0.3) is 0 Å². The number of carbonyl (C=O) groups is 1. The molecule has 0 aromatic heterocycles. The van der Waals surface area contributed by atoms with Crippen molar-refractivity contribution in [2.24, 2.45) is 0 Å². The molecule has 0 aliphatic heterocycles. The Labute approximate surface area is 109 Å². The lowest BCUT2D eigenvalue weighted by molar-refractivity contribution is 0.0730. The monoisotopic (exact) mass is 263 g/mol. The third kappa shape index (κ3) is 2.55. The summed E-state index contributed by atoms with van der Waals surface area (Å²) in [5.74, 6) is -0.954. The lowest BCUT2D eigenvalue weighted by atomic mass is 10.2. The molecule has 92 valence electrons. The minimum atomic E-state index is -0.590. The Kier molecular flexibility index (Phi) is 3.39. The van der Waals surface area contributed by atoms with Crippen molar-refractivity contribution >= 4 is 23.3 Å². The van der Waals surface area contributed by atoms with E-state index in [1.54, 1.807) is 30.3 Å². The number of anilines is 1. The number of hydrogen-bond acceptors (Lipinski definition) is 4. The number of hydrogen-bond donors (Lipinski definition) is 2. The summed E-state index contributed by atoms with van der Waals surface area (Å²) in [6.45, 7) is 0. The first-order valence-corrected chi connectivity index (χ1v) is 5.51. The number of aromatic hydroxyl groups is 1. The molecule has 0 heterocycles. The number of ether oxygens (including phenoxy) is 1. The second-order valence-electron chi connectivity index (χ2n) is 3.60. The van der Waals surface area contributed by atoms with Gasteiger partial charge in [0, 0.05) is 11.1 Å². The normalized spacial score (nSPS) is 10.1. The highest BCUT2D eigenvalue weighted by Crippen LogP contribution is 2.35. The number of nitrogen functional groups attached to an aromatic ring is 1. The molecule has 3 N–H and O–H groups in total. The zero-order valence-electron chi connectivity index (χ0n) is 9.26. The molecule has 0 atom stereocenters. The first kappa shape index (κ1) is 12.3. The molecule has 0 aliphatic rings. The Morgan fingerprint density at radius 3 is 2.56 bits per heavy atom. The van der Waals surface area contributed by atoms with Gasteiger partial charge in [0.05, 0.1) is 11.3 Å². The smallest absolute Gasteiger partial charge is 0.343 e. The molecule has 4 nitrogen and oxygen atoms in total. The number of rotatable bonds is 2. The lowest BCUT2D eigenvalue weighted by Crippen LogP contribution is -2.08. The maximum atomic E-state index is 11.8. The van der Waals surface area contributed by atoms with E-state index < -0.39 is 5.97 Å². The van der Waals surface area contributed by atoms with Crippen molar-refractivity contribution in [3.63, 3.8) is 0 Å². The van der Waals surface area contributed by atoms with Crippen LogP contribution in [0.3, 0.4) is 0 Å². The van der Waals surface area contributed by atoms with Gasteiger partial charge in [-0.25, -0.2) is 4.79 Å². The molecule has 0 saturated heterocycles. The lowest BCUT2D eigenvalue weighted by Gasteiger charge is -2.08. The predicted molar refractivity (Wildman–Crippen MR) is 68.9 cm³/mol. The highest BCUT2D eigenvalue weighted by atomic mass is 35.5. The van der Waals surface area contributed by atoms with Crippen molar-refractivity contribution in [1.29, 1.82) is 0 Å². The van der Waals surface area contributed by atoms with E-state index in [1.807, 2.05) is 0 Å². The molecular formula is C13H10ClNO3. The Bertz CT molecular complexity index is 584. The Hall–Kier alpha value is -2.20. The maximum absolute atomic E-state index is 11.8. The van der Waals surface area contributed by atoms with E-state index in [2.05, 4.69) is 0 Å². The Morgan fingerprint density at radius 1 is 1.22 bits per heavy atom. The van der Waals surface area contributed by atoms with Crippen molar-refractivity contribution in [3.8, 4) is 11.5 Å². The molecule has 2 aromatic rings. The molecule has 0 unspecified atom stereocenters. The minimum Gasteiger partial charge on any atom is -0.503 e. The van der Waals surface area contributed by atoms with E-state index in [0.29, 0.717) is 5.56 Å². The molecule has 0 aliphatic carbocycles. The van der Waals surface area contributed by atoms with Crippen molar-refractivity contribution in [2.75, 3.05) is 5.73 Å². The minimum absolute atomic E-state index is 0.0540. The quantitative estimate of drug-likeness (QED) is 0.378. The Morgan fingerprint density at radius 2 is 1.89 bits per heavy atom. The van der Waals surface area contributed by atoms with Gasteiger partial charge in [-0.05, 0) is 18.2 Å². The van der Waals surface area contributed by atoms with Gasteiger partial charge in [-0.15, -0.1) is 0 Å². The zero-order valence-corrected chi connectivity index (χ0v) is 10.0. The fourth-order valence-corrected chi connectivity index (χ4v) is 1.62. The highest BCUT2D eigenvalue weighted by molar-refractivity contribution is 6.31. The standard InChI is InChI=1S/C13H10ClNO3/c14-9-6-10(15)12(16)11(7-9)18-13(17)8-4-2-1-3-5-8/h1-7,16H,15H2. The predicted octanol–water partition coefficient (Wildman–Crippen LogP) is 2.85. The van der Waals surface area contributed by atoms with E-state index >= 15 is 0 Å². The Balaban J connectivity index is 2.28. The van der Waals surface area contributed by atoms with Crippen LogP contribution >= 0.6 is 11.6 Å². The van der Waals surface area contributed by atoms with E-state index in [4.69, 9.17) is 22.1 Å². The molecule has 0 bridgehead atoms. The molecule has 18 heavy (non-hydrogen) atoms. The van der Waals surface area contributed by atoms with Gasteiger partial charge in [-0.2, -0.15) is 0 Å². The summed E-state index contributed by atoms with van der Waals surface area (Å²) in [6, 6.07) is 11.1. The fraction of sp³-hybridized carbons (Fsp3) is 0. The highest BCUT2D eigenvalue weighted by Gasteiger charge is 2.14. The van der Waals surface area contributed by atoms with Crippen LogP contribution < -0.4 is 10.5 Å². The van der Waals surface area contributed by atoms with Crippen LogP contribution in [0, 0.1) is 0 Å². The third-order valence-electron chi connectivity index (χ3n) is 2.28. The summed E-state index contributed by atoms with van der Waals surface area (Å²) in [5.41, 5.74) is 5.93. The molecule has 0 saturated carbocycles. The van der Waals surface area contributed by atoms with Crippen LogP contribution in [0.1, 0.15) is 10.4 Å². The van der Waals surface area contributed by atoms with Crippen LogP contribution in [0.4, 0.5) is 5.69 Å². The summed E-state index contributed by atoms with van der Waals surface area (Å²) < 4.78 is 5.04. The van der Waals surface area contributed by atoms with Crippen molar-refractivity contribution < 1.29 is 14.6 Å². The van der Waals surface area contributed by atoms with E-state index in [0.717, 1.165) is 0 Å². The third-order valence-corrected chi connectivity index (χ3v) is 2.50. The summed E-state index contributed by atoms with van der Waals surface area (Å²) in [7, 11) is 0. The van der Waals surface area contributed by atoms with Gasteiger partial charge >= 0.3 is 5.97 Å². The average Bonchev–Trinajstić information content (AvgIpc) is 2.36. The van der Waals surface area contributed by atoms with Gasteiger partial charge in [-0.3, -0.25) is 0 Å². The van der Waals surface area contributed by atoms with Gasteiger partial charge in [0.25, 0.3) is 0 Å². The van der Waals surface area contributed by atoms with Crippen LogP contribution in [0.5, 0.6) is 11.5 Å². The van der Waals surface area contributed by atoms with Gasteiger partial charge in [0.15, 0.2) is 11.5 Å². The number of nitrogens with two attached hydrogens (primary N) is 1. The van der Waals surface area contributed by atoms with Gasteiger partial charge in [0.2, 0.25) is 0 Å². The number of carbonyl (C=O) groups excluding carboxylic acids is 1. The van der Waals surface area contributed by atoms with Crippen molar-refractivity contribution in [1.82, 2.24) is 0 Å². The molecule has 0 fully saturated rings. The maximum Gasteiger partial charge on any atom is 0.343 e. The number of phenolic OH excluding ortho intramolecular Hbond substituents is 1. The van der Waals surface area contributed by atoms with Crippen LogP contribution in [-0.4, -0.2) is 11.1 Å². The van der Waals surface area contributed by atoms with E-state index in [-0.39, 0.29) is 22.2 Å². The molecule has 2 aromatic carbocycles. The average molecular weight is 264 g/mol. The topological polar surface area (TPSA) is 72.5 Å².